The first kappa shape index (κ1) is 9.07. The normalized spacial score (nSPS) is 10.4. The number of nitrogens with zero attached hydrogens (tertiary/aromatic N) is 1. The second-order valence-electron chi connectivity index (χ2n) is 3.55. The lowest BCUT2D eigenvalue weighted by Gasteiger charge is -2.17. The molecular weight excluding hydrogens is 170 g/mol. The Hall–Kier alpha value is -1.50. The average molecular weight is 185 g/mol. The molecule has 1 heteroatoms. The quantitative estimate of drug-likeness (QED) is 0.694. The van der Waals surface area contributed by atoms with Crippen LogP contribution in [0.25, 0.3) is 10.8 Å². The highest BCUT2D eigenvalue weighted by Gasteiger charge is 1.98. The molecule has 2 aromatic carbocycles. The monoisotopic (exact) mass is 185 g/mol. The van der Waals surface area contributed by atoms with Gasteiger partial charge in [0.05, 0.1) is 0 Å². The molecule has 2 rings (SSSR count). The molecule has 0 unspecified atom stereocenters. The Morgan fingerprint density at radius 2 is 1.71 bits per heavy atom. The van der Waals surface area contributed by atoms with Gasteiger partial charge in [-0.25, -0.2) is 0 Å². The van der Waals surface area contributed by atoms with E-state index in [0.717, 1.165) is 6.54 Å². The van der Waals surface area contributed by atoms with Gasteiger partial charge in [-0.15, -0.1) is 0 Å². The Balaban J connectivity index is 2.51. The highest BCUT2D eigenvalue weighted by Crippen LogP contribution is 2.20. The summed E-state index contributed by atoms with van der Waals surface area (Å²) in [6.45, 7) is 3.20. The van der Waals surface area contributed by atoms with Crippen molar-refractivity contribution in [2.45, 2.75) is 6.92 Å². The zero-order chi connectivity index (χ0) is 9.97. The third-order valence-electron chi connectivity index (χ3n) is 2.65. The summed E-state index contributed by atoms with van der Waals surface area (Å²) < 4.78 is 0. The summed E-state index contributed by atoms with van der Waals surface area (Å²) in [7, 11) is 2.12. The van der Waals surface area contributed by atoms with Crippen LogP contribution in [0.5, 0.6) is 0 Å². The summed E-state index contributed by atoms with van der Waals surface area (Å²) >= 11 is 0. The molecule has 1 nitrogen and oxygen atoms in total. The third kappa shape index (κ3) is 1.58. The molecule has 72 valence electrons. The predicted molar refractivity (Wildman–Crippen MR) is 62.9 cm³/mol. The summed E-state index contributed by atoms with van der Waals surface area (Å²) in [6.07, 6.45) is 0. The zero-order valence-electron chi connectivity index (χ0n) is 8.70. The average Bonchev–Trinajstić information content (AvgIpc) is 2.27. The van der Waals surface area contributed by atoms with Crippen LogP contribution < -0.4 is 4.90 Å². The van der Waals surface area contributed by atoms with Crippen LogP contribution in [0.3, 0.4) is 0 Å². The van der Waals surface area contributed by atoms with Crippen molar-refractivity contribution in [3.63, 3.8) is 0 Å². The minimum atomic E-state index is 1.04. The summed E-state index contributed by atoms with van der Waals surface area (Å²) in [4.78, 5) is 2.24. The van der Waals surface area contributed by atoms with Gasteiger partial charge >= 0.3 is 0 Å². The first-order valence-electron chi connectivity index (χ1n) is 5.01. The summed E-state index contributed by atoms with van der Waals surface area (Å²) in [5.74, 6) is 0. The van der Waals surface area contributed by atoms with Gasteiger partial charge in [0.15, 0.2) is 0 Å². The minimum Gasteiger partial charge on any atom is -0.375 e. The van der Waals surface area contributed by atoms with Gasteiger partial charge in [-0.05, 0) is 29.8 Å². The zero-order valence-corrected chi connectivity index (χ0v) is 8.70. The molecule has 2 aromatic rings. The highest BCUT2D eigenvalue weighted by atomic mass is 15.1. The summed E-state index contributed by atoms with van der Waals surface area (Å²) in [5.41, 5.74) is 1.28. The maximum Gasteiger partial charge on any atom is 0.0369 e. The smallest absolute Gasteiger partial charge is 0.0369 e. The van der Waals surface area contributed by atoms with Gasteiger partial charge in [0.1, 0.15) is 0 Å². The third-order valence-corrected chi connectivity index (χ3v) is 2.65. The second kappa shape index (κ2) is 3.70. The van der Waals surface area contributed by atoms with E-state index in [2.05, 4.69) is 61.3 Å². The lowest BCUT2D eigenvalue weighted by Crippen LogP contribution is -2.15. The first-order chi connectivity index (χ1) is 6.81. The summed E-state index contributed by atoms with van der Waals surface area (Å²) in [5, 5.41) is 2.62. The molecule has 0 atom stereocenters. The lowest BCUT2D eigenvalue weighted by molar-refractivity contribution is 0.970. The Labute approximate surface area is 85.0 Å². The molecule has 0 aliphatic rings. The van der Waals surface area contributed by atoms with Gasteiger partial charge < -0.3 is 4.90 Å². The van der Waals surface area contributed by atoms with Gasteiger partial charge in [-0.2, -0.15) is 0 Å². The van der Waals surface area contributed by atoms with Crippen molar-refractivity contribution < 1.29 is 0 Å². The Morgan fingerprint density at radius 3 is 2.43 bits per heavy atom. The van der Waals surface area contributed by atoms with Gasteiger partial charge in [-0.1, -0.05) is 30.3 Å². The SMILES string of the molecule is CCN(C)c1ccc2ccccc2c1. The van der Waals surface area contributed by atoms with E-state index >= 15 is 0 Å². The molecule has 0 fully saturated rings. The molecule has 0 bridgehead atoms. The number of anilines is 1. The molecule has 0 aliphatic heterocycles. The molecule has 0 amide bonds. The van der Waals surface area contributed by atoms with Crippen molar-refractivity contribution in [1.29, 1.82) is 0 Å². The summed E-state index contributed by atoms with van der Waals surface area (Å²) in [6, 6.07) is 15.0. The molecule has 0 spiro atoms. The minimum absolute atomic E-state index is 1.04. The highest BCUT2D eigenvalue weighted by molar-refractivity contribution is 5.85. The van der Waals surface area contributed by atoms with E-state index in [1.54, 1.807) is 0 Å². The van der Waals surface area contributed by atoms with E-state index in [4.69, 9.17) is 0 Å². The van der Waals surface area contributed by atoms with E-state index in [1.807, 2.05) is 0 Å². The molecule has 0 aromatic heterocycles. The van der Waals surface area contributed by atoms with Crippen LogP contribution in [-0.4, -0.2) is 13.6 Å². The van der Waals surface area contributed by atoms with Crippen molar-refractivity contribution in [3.05, 3.63) is 42.5 Å². The molecular formula is C13H15N. The molecule has 0 N–H and O–H groups in total. The fourth-order valence-corrected chi connectivity index (χ4v) is 1.60. The van der Waals surface area contributed by atoms with Crippen LogP contribution in [-0.2, 0) is 0 Å². The van der Waals surface area contributed by atoms with E-state index in [-0.39, 0.29) is 0 Å². The standard InChI is InChI=1S/C13H15N/c1-3-14(2)13-9-8-11-6-4-5-7-12(11)10-13/h4-10H,3H2,1-2H3. The maximum absolute atomic E-state index is 2.24. The fraction of sp³-hybridized carbons (Fsp3) is 0.231. The van der Waals surface area contributed by atoms with Gasteiger partial charge in [0.25, 0.3) is 0 Å². The van der Waals surface area contributed by atoms with Crippen LogP contribution in [0.15, 0.2) is 42.5 Å². The van der Waals surface area contributed by atoms with E-state index in [1.165, 1.54) is 16.5 Å². The van der Waals surface area contributed by atoms with Crippen LogP contribution >= 0.6 is 0 Å². The second-order valence-corrected chi connectivity index (χ2v) is 3.55. The molecule has 0 saturated carbocycles. The first-order valence-corrected chi connectivity index (χ1v) is 5.01. The molecule has 14 heavy (non-hydrogen) atoms. The number of benzene rings is 2. The van der Waals surface area contributed by atoms with Gasteiger partial charge in [-0.3, -0.25) is 0 Å². The van der Waals surface area contributed by atoms with Gasteiger partial charge in [0, 0.05) is 19.3 Å². The number of hydrogen-bond donors (Lipinski definition) is 0. The topological polar surface area (TPSA) is 3.24 Å². The molecule has 0 heterocycles. The van der Waals surface area contributed by atoms with E-state index < -0.39 is 0 Å². The van der Waals surface area contributed by atoms with E-state index in [0.29, 0.717) is 0 Å². The van der Waals surface area contributed by atoms with Crippen LogP contribution in [0.2, 0.25) is 0 Å². The fourth-order valence-electron chi connectivity index (χ4n) is 1.60. The van der Waals surface area contributed by atoms with Crippen LogP contribution in [0.4, 0.5) is 5.69 Å². The van der Waals surface area contributed by atoms with Gasteiger partial charge in [0.2, 0.25) is 0 Å². The Bertz CT molecular complexity index is 434. The lowest BCUT2D eigenvalue weighted by atomic mass is 10.1. The van der Waals surface area contributed by atoms with Crippen LogP contribution in [0.1, 0.15) is 6.92 Å². The Kier molecular flexibility index (Phi) is 2.40. The Morgan fingerprint density at radius 1 is 1.00 bits per heavy atom. The van der Waals surface area contributed by atoms with Crippen molar-refractivity contribution >= 4 is 16.5 Å². The van der Waals surface area contributed by atoms with Crippen molar-refractivity contribution in [3.8, 4) is 0 Å². The van der Waals surface area contributed by atoms with E-state index in [9.17, 15) is 0 Å². The van der Waals surface area contributed by atoms with Crippen molar-refractivity contribution in [1.82, 2.24) is 0 Å². The van der Waals surface area contributed by atoms with Crippen molar-refractivity contribution in [2.75, 3.05) is 18.5 Å². The molecule has 0 radical (unpaired) electrons. The number of fused-ring (bicyclic) bond motifs is 1. The predicted octanol–water partition coefficient (Wildman–Crippen LogP) is 3.30. The van der Waals surface area contributed by atoms with Crippen LogP contribution in [0, 0.1) is 0 Å². The number of rotatable bonds is 2. The van der Waals surface area contributed by atoms with Crippen molar-refractivity contribution in [2.24, 2.45) is 0 Å². The number of hydrogen-bond acceptors (Lipinski definition) is 1. The molecule has 0 saturated heterocycles. The molecule has 0 aliphatic carbocycles. The largest absolute Gasteiger partial charge is 0.375 e. The maximum atomic E-state index is 2.24.